The Labute approximate surface area is 180 Å². The molecule has 0 unspecified atom stereocenters. The SMILES string of the molecule is CC(C)Oc1cc2c(O[C@@H]3CCCN(C(=O)[C@H](N)CC#N)C3)ccnc2cc1C(N)=O. The van der Waals surface area contributed by atoms with E-state index in [4.69, 9.17) is 26.2 Å². The van der Waals surface area contributed by atoms with Gasteiger partial charge in [0.05, 0.1) is 42.3 Å². The van der Waals surface area contributed by atoms with Crippen LogP contribution in [0.2, 0.25) is 0 Å². The summed E-state index contributed by atoms with van der Waals surface area (Å²) in [6, 6.07) is 6.16. The number of pyridine rings is 1. The average Bonchev–Trinajstić information content (AvgIpc) is 2.73. The highest BCUT2D eigenvalue weighted by Crippen LogP contribution is 2.32. The van der Waals surface area contributed by atoms with Gasteiger partial charge in [-0.2, -0.15) is 5.26 Å². The maximum atomic E-state index is 12.5. The number of aromatic nitrogens is 1. The molecule has 2 atom stereocenters. The fraction of sp³-hybridized carbons (Fsp3) is 0.455. The van der Waals surface area contributed by atoms with Gasteiger partial charge < -0.3 is 25.8 Å². The molecule has 0 aliphatic carbocycles. The maximum Gasteiger partial charge on any atom is 0.252 e. The monoisotopic (exact) mass is 425 g/mol. The van der Waals surface area contributed by atoms with Gasteiger partial charge in [0.15, 0.2) is 0 Å². The molecule has 1 aromatic heterocycles. The van der Waals surface area contributed by atoms with Crippen LogP contribution in [-0.4, -0.2) is 53.0 Å². The van der Waals surface area contributed by atoms with Gasteiger partial charge in [0.1, 0.15) is 17.6 Å². The average molecular weight is 425 g/mol. The van der Waals surface area contributed by atoms with Gasteiger partial charge in [0, 0.05) is 18.1 Å². The number of ether oxygens (including phenoxy) is 2. The van der Waals surface area contributed by atoms with Gasteiger partial charge in [-0.25, -0.2) is 0 Å². The lowest BCUT2D eigenvalue weighted by Crippen LogP contribution is -2.50. The Balaban J connectivity index is 1.86. The zero-order valence-electron chi connectivity index (χ0n) is 17.7. The summed E-state index contributed by atoms with van der Waals surface area (Å²) in [6.07, 6.45) is 2.74. The number of amides is 2. The summed E-state index contributed by atoms with van der Waals surface area (Å²) in [4.78, 5) is 30.3. The van der Waals surface area contributed by atoms with Crippen LogP contribution in [0.25, 0.3) is 10.9 Å². The van der Waals surface area contributed by atoms with Crippen LogP contribution >= 0.6 is 0 Å². The minimum atomic E-state index is -0.825. The molecule has 0 spiro atoms. The van der Waals surface area contributed by atoms with Crippen LogP contribution in [-0.2, 0) is 4.79 Å². The van der Waals surface area contributed by atoms with E-state index in [1.54, 1.807) is 29.3 Å². The second kappa shape index (κ2) is 9.62. The van der Waals surface area contributed by atoms with Crippen LogP contribution < -0.4 is 20.9 Å². The Morgan fingerprint density at radius 1 is 1.35 bits per heavy atom. The van der Waals surface area contributed by atoms with E-state index in [2.05, 4.69) is 4.98 Å². The topological polar surface area (TPSA) is 145 Å². The molecule has 0 radical (unpaired) electrons. The van der Waals surface area contributed by atoms with E-state index < -0.39 is 11.9 Å². The minimum Gasteiger partial charge on any atom is -0.490 e. The van der Waals surface area contributed by atoms with Crippen molar-refractivity contribution in [1.82, 2.24) is 9.88 Å². The Kier molecular flexibility index (Phi) is 6.92. The van der Waals surface area contributed by atoms with Crippen molar-refractivity contribution in [2.24, 2.45) is 11.5 Å². The van der Waals surface area contributed by atoms with Crippen LogP contribution in [0.1, 0.15) is 43.5 Å². The maximum absolute atomic E-state index is 12.5. The number of nitriles is 1. The highest BCUT2D eigenvalue weighted by atomic mass is 16.5. The third kappa shape index (κ3) is 5.22. The molecular formula is C22H27N5O4. The molecule has 1 aliphatic rings. The molecule has 2 heterocycles. The molecule has 2 amide bonds. The standard InChI is InChI=1S/C22H27N5O4/c1-13(2)30-20-11-15-18(10-16(20)21(25)28)26-8-6-19(15)31-14-4-3-9-27(12-14)22(29)17(24)5-7-23/h6,8,10-11,13-14,17H,3-5,9,12,24H2,1-2H3,(H2,25,28)/t14-,17-/m1/s1. The molecule has 4 N–H and O–H groups in total. The molecule has 1 saturated heterocycles. The first-order chi connectivity index (χ1) is 14.8. The molecule has 9 nitrogen and oxygen atoms in total. The number of primary amides is 1. The lowest BCUT2D eigenvalue weighted by molar-refractivity contribution is -0.135. The van der Waals surface area contributed by atoms with Crippen molar-refractivity contribution in [2.75, 3.05) is 13.1 Å². The molecule has 0 bridgehead atoms. The summed E-state index contributed by atoms with van der Waals surface area (Å²) in [6.45, 7) is 4.69. The summed E-state index contributed by atoms with van der Waals surface area (Å²) in [5.74, 6) is 0.111. The van der Waals surface area contributed by atoms with Crippen molar-refractivity contribution in [2.45, 2.75) is 51.4 Å². The van der Waals surface area contributed by atoms with E-state index in [9.17, 15) is 9.59 Å². The van der Waals surface area contributed by atoms with Gasteiger partial charge in [-0.15, -0.1) is 0 Å². The summed E-state index contributed by atoms with van der Waals surface area (Å²) in [5, 5.41) is 9.48. The number of hydrogen-bond acceptors (Lipinski definition) is 7. The number of benzene rings is 1. The molecular weight excluding hydrogens is 398 g/mol. The minimum absolute atomic E-state index is 0.0172. The van der Waals surface area contributed by atoms with Gasteiger partial charge in [-0.3, -0.25) is 14.6 Å². The number of carbonyl (C=O) groups excluding carboxylic acids is 2. The first-order valence-corrected chi connectivity index (χ1v) is 10.3. The van der Waals surface area contributed by atoms with Crippen molar-refractivity contribution in [1.29, 1.82) is 5.26 Å². The number of carbonyl (C=O) groups is 2. The molecule has 0 saturated carbocycles. The predicted molar refractivity (Wildman–Crippen MR) is 114 cm³/mol. The number of piperidine rings is 1. The van der Waals surface area contributed by atoms with Crippen molar-refractivity contribution in [3.63, 3.8) is 0 Å². The predicted octanol–water partition coefficient (Wildman–Crippen LogP) is 1.73. The third-order valence-electron chi connectivity index (χ3n) is 5.04. The molecule has 31 heavy (non-hydrogen) atoms. The van der Waals surface area contributed by atoms with Gasteiger partial charge in [-0.1, -0.05) is 0 Å². The second-order valence-electron chi connectivity index (χ2n) is 7.84. The van der Waals surface area contributed by atoms with Crippen LogP contribution in [0.15, 0.2) is 24.4 Å². The number of nitrogens with two attached hydrogens (primary N) is 2. The van der Waals surface area contributed by atoms with Gasteiger partial charge in [0.2, 0.25) is 5.91 Å². The first-order valence-electron chi connectivity index (χ1n) is 10.3. The van der Waals surface area contributed by atoms with Gasteiger partial charge >= 0.3 is 0 Å². The van der Waals surface area contributed by atoms with E-state index in [1.165, 1.54) is 0 Å². The fourth-order valence-corrected chi connectivity index (χ4v) is 3.63. The number of rotatable bonds is 7. The summed E-state index contributed by atoms with van der Waals surface area (Å²) in [5.41, 5.74) is 12.1. The third-order valence-corrected chi connectivity index (χ3v) is 5.04. The number of likely N-dealkylation sites (tertiary alicyclic amines) is 1. The van der Waals surface area contributed by atoms with Gasteiger partial charge in [0.25, 0.3) is 5.91 Å². The Hall–Kier alpha value is -3.38. The molecule has 1 aromatic carbocycles. The Morgan fingerprint density at radius 3 is 2.81 bits per heavy atom. The second-order valence-corrected chi connectivity index (χ2v) is 7.84. The molecule has 9 heteroatoms. The largest absolute Gasteiger partial charge is 0.490 e. The van der Waals surface area contributed by atoms with Crippen LogP contribution in [0.3, 0.4) is 0 Å². The van der Waals surface area contributed by atoms with Gasteiger partial charge in [-0.05, 0) is 44.9 Å². The van der Waals surface area contributed by atoms with E-state index in [0.717, 1.165) is 12.8 Å². The number of hydrogen-bond donors (Lipinski definition) is 2. The summed E-state index contributed by atoms with van der Waals surface area (Å²) in [7, 11) is 0. The summed E-state index contributed by atoms with van der Waals surface area (Å²) >= 11 is 0. The number of fused-ring (bicyclic) bond motifs is 1. The Bertz CT molecular complexity index is 1020. The number of nitrogens with zero attached hydrogens (tertiary/aromatic N) is 3. The lowest BCUT2D eigenvalue weighted by atomic mass is 10.1. The zero-order valence-corrected chi connectivity index (χ0v) is 17.7. The molecule has 2 aromatic rings. The zero-order chi connectivity index (χ0) is 22.5. The van der Waals surface area contributed by atoms with Crippen LogP contribution in [0, 0.1) is 11.3 Å². The van der Waals surface area contributed by atoms with E-state index in [-0.39, 0.29) is 30.1 Å². The molecule has 164 valence electrons. The lowest BCUT2D eigenvalue weighted by Gasteiger charge is -2.34. The van der Waals surface area contributed by atoms with E-state index in [0.29, 0.717) is 35.5 Å². The van der Waals surface area contributed by atoms with Crippen molar-refractivity contribution < 1.29 is 19.1 Å². The molecule has 1 fully saturated rings. The van der Waals surface area contributed by atoms with Crippen molar-refractivity contribution >= 4 is 22.7 Å². The first kappa shape index (κ1) is 22.3. The smallest absolute Gasteiger partial charge is 0.252 e. The van der Waals surface area contributed by atoms with Crippen molar-refractivity contribution in [3.05, 3.63) is 30.0 Å². The van der Waals surface area contributed by atoms with E-state index in [1.807, 2.05) is 19.9 Å². The summed E-state index contributed by atoms with van der Waals surface area (Å²) < 4.78 is 12.0. The Morgan fingerprint density at radius 2 is 2.13 bits per heavy atom. The quantitative estimate of drug-likeness (QED) is 0.687. The fourth-order valence-electron chi connectivity index (χ4n) is 3.63. The highest BCUT2D eigenvalue weighted by Gasteiger charge is 2.28. The highest BCUT2D eigenvalue weighted by molar-refractivity contribution is 6.01. The molecule has 1 aliphatic heterocycles. The molecule has 3 rings (SSSR count). The normalized spacial score (nSPS) is 17.3. The van der Waals surface area contributed by atoms with Crippen LogP contribution in [0.5, 0.6) is 11.5 Å². The van der Waals surface area contributed by atoms with Crippen molar-refractivity contribution in [3.8, 4) is 17.6 Å². The van der Waals surface area contributed by atoms with E-state index >= 15 is 0 Å². The van der Waals surface area contributed by atoms with Crippen LogP contribution in [0.4, 0.5) is 0 Å².